The van der Waals surface area contributed by atoms with Gasteiger partial charge >= 0.3 is 0 Å². The standard InChI is InChI=1S/C15H19BrFNO3/c16-13-6-12(17)4-5-14(13)21-9-15(20)18-7-10-2-1-3-11(10)8-19/h4-6,10-11,19H,1-3,7-9H2,(H,18,20). The Morgan fingerprint density at radius 3 is 2.90 bits per heavy atom. The fraction of sp³-hybridized carbons (Fsp3) is 0.533. The third-order valence-corrected chi connectivity index (χ3v) is 4.48. The number of benzene rings is 1. The Hall–Kier alpha value is -1.14. The smallest absolute Gasteiger partial charge is 0.257 e. The molecule has 0 spiro atoms. The third-order valence-electron chi connectivity index (χ3n) is 3.87. The second-order valence-corrected chi connectivity index (χ2v) is 6.16. The van der Waals surface area contributed by atoms with Crippen LogP contribution in [0, 0.1) is 17.7 Å². The highest BCUT2D eigenvalue weighted by Gasteiger charge is 2.26. The van der Waals surface area contributed by atoms with Crippen LogP contribution in [0.5, 0.6) is 5.75 Å². The Balaban J connectivity index is 1.74. The fourth-order valence-corrected chi connectivity index (χ4v) is 3.12. The highest BCUT2D eigenvalue weighted by Crippen LogP contribution is 2.30. The number of aliphatic hydroxyl groups is 1. The van der Waals surface area contributed by atoms with Gasteiger partial charge in [0.05, 0.1) is 4.47 Å². The molecule has 6 heteroatoms. The summed E-state index contributed by atoms with van der Waals surface area (Å²) in [4.78, 5) is 11.8. The molecular weight excluding hydrogens is 341 g/mol. The molecule has 1 fully saturated rings. The average Bonchev–Trinajstić information content (AvgIpc) is 2.91. The van der Waals surface area contributed by atoms with Crippen LogP contribution in [-0.2, 0) is 4.79 Å². The molecule has 2 N–H and O–H groups in total. The minimum Gasteiger partial charge on any atom is -0.483 e. The van der Waals surface area contributed by atoms with E-state index in [4.69, 9.17) is 4.74 Å². The summed E-state index contributed by atoms with van der Waals surface area (Å²) in [6.45, 7) is 0.637. The van der Waals surface area contributed by atoms with Crippen molar-refractivity contribution in [2.24, 2.45) is 11.8 Å². The van der Waals surface area contributed by atoms with Crippen molar-refractivity contribution in [2.75, 3.05) is 19.8 Å². The molecular formula is C15H19BrFNO3. The van der Waals surface area contributed by atoms with Crippen LogP contribution >= 0.6 is 15.9 Å². The first-order valence-electron chi connectivity index (χ1n) is 7.05. The van der Waals surface area contributed by atoms with E-state index in [1.54, 1.807) is 0 Å². The second kappa shape index (κ2) is 7.75. The summed E-state index contributed by atoms with van der Waals surface area (Å²) in [6, 6.07) is 4.05. The number of hydrogen-bond donors (Lipinski definition) is 2. The zero-order valence-corrected chi connectivity index (χ0v) is 13.2. The summed E-state index contributed by atoms with van der Waals surface area (Å²) in [7, 11) is 0. The van der Waals surface area contributed by atoms with Crippen LogP contribution in [0.25, 0.3) is 0 Å². The van der Waals surface area contributed by atoms with Gasteiger partial charge in [-0.25, -0.2) is 4.39 Å². The quantitative estimate of drug-likeness (QED) is 0.820. The van der Waals surface area contributed by atoms with Gasteiger partial charge in [0, 0.05) is 13.2 Å². The Morgan fingerprint density at radius 1 is 1.43 bits per heavy atom. The van der Waals surface area contributed by atoms with E-state index >= 15 is 0 Å². The molecule has 1 aliphatic rings. The fourth-order valence-electron chi connectivity index (χ4n) is 2.65. The maximum absolute atomic E-state index is 12.9. The molecule has 0 bridgehead atoms. The maximum atomic E-state index is 12.9. The Kier molecular flexibility index (Phi) is 5.99. The van der Waals surface area contributed by atoms with Gasteiger partial charge in [0.1, 0.15) is 11.6 Å². The Morgan fingerprint density at radius 2 is 2.19 bits per heavy atom. The highest BCUT2D eigenvalue weighted by molar-refractivity contribution is 9.10. The first kappa shape index (κ1) is 16.2. The van der Waals surface area contributed by atoms with Gasteiger partial charge in [-0.15, -0.1) is 0 Å². The number of nitrogens with one attached hydrogen (secondary N) is 1. The van der Waals surface area contributed by atoms with Crippen LogP contribution in [0.3, 0.4) is 0 Å². The molecule has 0 saturated heterocycles. The van der Waals surface area contributed by atoms with Crippen LogP contribution in [0.15, 0.2) is 22.7 Å². The van der Waals surface area contributed by atoms with Gasteiger partial charge in [-0.05, 0) is 58.8 Å². The number of halogens is 2. The van der Waals surface area contributed by atoms with Crippen molar-refractivity contribution >= 4 is 21.8 Å². The minimum absolute atomic E-state index is 0.110. The zero-order chi connectivity index (χ0) is 15.2. The van der Waals surface area contributed by atoms with E-state index in [1.807, 2.05) is 0 Å². The van der Waals surface area contributed by atoms with Crippen molar-refractivity contribution in [1.29, 1.82) is 0 Å². The van der Waals surface area contributed by atoms with Crippen LogP contribution < -0.4 is 10.1 Å². The SMILES string of the molecule is O=C(COc1ccc(F)cc1Br)NCC1CCCC1CO. The van der Waals surface area contributed by atoms with Gasteiger partial charge < -0.3 is 15.2 Å². The lowest BCUT2D eigenvalue weighted by molar-refractivity contribution is -0.123. The Bertz CT molecular complexity index is 498. The van der Waals surface area contributed by atoms with Crippen molar-refractivity contribution in [1.82, 2.24) is 5.32 Å². The van der Waals surface area contributed by atoms with Crippen molar-refractivity contribution < 1.29 is 19.0 Å². The monoisotopic (exact) mass is 359 g/mol. The highest BCUT2D eigenvalue weighted by atomic mass is 79.9. The van der Waals surface area contributed by atoms with Gasteiger partial charge in [0.2, 0.25) is 0 Å². The van der Waals surface area contributed by atoms with Crippen molar-refractivity contribution in [3.63, 3.8) is 0 Å². The molecule has 1 aromatic carbocycles. The topological polar surface area (TPSA) is 58.6 Å². The number of carbonyl (C=O) groups excluding carboxylic acids is 1. The van der Waals surface area contributed by atoms with E-state index in [2.05, 4.69) is 21.2 Å². The maximum Gasteiger partial charge on any atom is 0.257 e. The van der Waals surface area contributed by atoms with E-state index < -0.39 is 0 Å². The molecule has 0 radical (unpaired) electrons. The lowest BCUT2D eigenvalue weighted by Gasteiger charge is -2.17. The van der Waals surface area contributed by atoms with Gasteiger partial charge in [-0.2, -0.15) is 0 Å². The molecule has 2 unspecified atom stereocenters. The summed E-state index contributed by atoms with van der Waals surface area (Å²) < 4.78 is 18.7. The second-order valence-electron chi connectivity index (χ2n) is 5.30. The zero-order valence-electron chi connectivity index (χ0n) is 11.6. The molecule has 1 aliphatic carbocycles. The van der Waals surface area contributed by atoms with Crippen LogP contribution in [-0.4, -0.2) is 30.8 Å². The summed E-state index contributed by atoms with van der Waals surface area (Å²) >= 11 is 3.18. The van der Waals surface area contributed by atoms with Crippen molar-refractivity contribution in [3.8, 4) is 5.75 Å². The van der Waals surface area contributed by atoms with Crippen LogP contribution in [0.2, 0.25) is 0 Å². The molecule has 1 saturated carbocycles. The predicted octanol–water partition coefficient (Wildman–Crippen LogP) is 2.49. The third kappa shape index (κ3) is 4.68. The lowest BCUT2D eigenvalue weighted by Crippen LogP contribution is -2.34. The molecule has 0 aromatic heterocycles. The Labute approximate surface area is 131 Å². The summed E-state index contributed by atoms with van der Waals surface area (Å²) in [5, 5.41) is 12.1. The largest absolute Gasteiger partial charge is 0.483 e. The number of aliphatic hydroxyl groups excluding tert-OH is 1. The van der Waals surface area contributed by atoms with E-state index in [1.165, 1.54) is 18.2 Å². The first-order chi connectivity index (χ1) is 10.1. The van der Waals surface area contributed by atoms with E-state index in [-0.39, 0.29) is 30.9 Å². The normalized spacial score (nSPS) is 21.3. The van der Waals surface area contributed by atoms with Crippen molar-refractivity contribution in [2.45, 2.75) is 19.3 Å². The number of rotatable bonds is 6. The van der Waals surface area contributed by atoms with Gasteiger partial charge in [-0.1, -0.05) is 6.42 Å². The van der Waals surface area contributed by atoms with E-state index in [0.29, 0.717) is 22.7 Å². The van der Waals surface area contributed by atoms with Crippen molar-refractivity contribution in [3.05, 3.63) is 28.5 Å². The lowest BCUT2D eigenvalue weighted by atomic mass is 9.97. The molecule has 2 rings (SSSR count). The minimum atomic E-state index is -0.366. The summed E-state index contributed by atoms with van der Waals surface area (Å²) in [6.07, 6.45) is 3.16. The van der Waals surface area contributed by atoms with Gasteiger partial charge in [0.25, 0.3) is 5.91 Å². The number of ether oxygens (including phenoxy) is 1. The number of carbonyl (C=O) groups is 1. The number of amides is 1. The molecule has 21 heavy (non-hydrogen) atoms. The predicted molar refractivity (Wildman–Crippen MR) is 80.5 cm³/mol. The molecule has 116 valence electrons. The van der Waals surface area contributed by atoms with Gasteiger partial charge in [-0.3, -0.25) is 4.79 Å². The molecule has 1 amide bonds. The average molecular weight is 360 g/mol. The summed E-state index contributed by atoms with van der Waals surface area (Å²) in [5.41, 5.74) is 0. The number of hydrogen-bond acceptors (Lipinski definition) is 3. The van der Waals surface area contributed by atoms with E-state index in [0.717, 1.165) is 19.3 Å². The molecule has 0 aliphatic heterocycles. The van der Waals surface area contributed by atoms with Crippen LogP contribution in [0.1, 0.15) is 19.3 Å². The molecule has 2 atom stereocenters. The summed E-state index contributed by atoms with van der Waals surface area (Å²) in [5.74, 6) is 0.486. The first-order valence-corrected chi connectivity index (χ1v) is 7.85. The van der Waals surface area contributed by atoms with Gasteiger partial charge in [0.15, 0.2) is 6.61 Å². The molecule has 1 aromatic rings. The molecule has 0 heterocycles. The van der Waals surface area contributed by atoms with Crippen LogP contribution in [0.4, 0.5) is 4.39 Å². The molecule has 4 nitrogen and oxygen atoms in total. The van der Waals surface area contributed by atoms with E-state index in [9.17, 15) is 14.3 Å².